The van der Waals surface area contributed by atoms with Gasteiger partial charge in [-0.25, -0.2) is 5.01 Å². The maximum absolute atomic E-state index is 14.4. The molecule has 2 fully saturated rings. The molecule has 3 heterocycles. The second-order valence-electron chi connectivity index (χ2n) is 11.4. The molecule has 2 aromatic rings. The van der Waals surface area contributed by atoms with Crippen molar-refractivity contribution < 1.29 is 19.8 Å². The summed E-state index contributed by atoms with van der Waals surface area (Å²) in [5.74, 6) is 0.376. The number of hydrogen-bond acceptors (Lipinski definition) is 7. The summed E-state index contributed by atoms with van der Waals surface area (Å²) in [5, 5.41) is 27.4. The van der Waals surface area contributed by atoms with Crippen LogP contribution in [-0.4, -0.2) is 80.7 Å². The lowest BCUT2D eigenvalue weighted by Gasteiger charge is -2.56. The number of aliphatic hydroxyl groups is 1. The highest BCUT2D eigenvalue weighted by Gasteiger charge is 2.50. The van der Waals surface area contributed by atoms with E-state index in [1.54, 1.807) is 41.3 Å². The lowest BCUT2D eigenvalue weighted by molar-refractivity contribution is -0.192. The van der Waals surface area contributed by atoms with Crippen molar-refractivity contribution in [2.45, 2.75) is 32.1 Å². The maximum atomic E-state index is 14.4. The molecular formula is C36H41N5O4. The summed E-state index contributed by atoms with van der Waals surface area (Å²) < 4.78 is 0. The number of nitrogens with zero attached hydrogens (tertiary/aromatic N) is 4. The van der Waals surface area contributed by atoms with E-state index in [9.17, 15) is 19.8 Å². The molecule has 3 aliphatic heterocycles. The molecule has 2 aromatic carbocycles. The Hall–Kier alpha value is -5.02. The zero-order valence-corrected chi connectivity index (χ0v) is 25.8. The fourth-order valence-electron chi connectivity index (χ4n) is 6.35. The predicted molar refractivity (Wildman–Crippen MR) is 175 cm³/mol. The number of aromatic hydroxyl groups is 1. The van der Waals surface area contributed by atoms with Crippen LogP contribution >= 0.6 is 0 Å². The number of allylic oxidation sites excluding steroid dienone is 7. The number of fused-ring (bicyclic) bond motifs is 1. The second kappa shape index (κ2) is 14.2. The van der Waals surface area contributed by atoms with Crippen molar-refractivity contribution in [2.24, 2.45) is 5.92 Å². The first-order chi connectivity index (χ1) is 21.8. The Bertz CT molecular complexity index is 1540. The zero-order chi connectivity index (χ0) is 31.9. The molecule has 3 N–H and O–H groups in total. The van der Waals surface area contributed by atoms with Gasteiger partial charge in [-0.1, -0.05) is 79.4 Å². The molecule has 5 rings (SSSR count). The van der Waals surface area contributed by atoms with E-state index >= 15 is 0 Å². The number of hydrogen-bond donors (Lipinski definition) is 3. The molecule has 2 amide bonds. The topological polar surface area (TPSA) is 99.6 Å². The number of hydrazine groups is 1. The minimum absolute atomic E-state index is 0.102. The number of likely N-dealkylation sites (N-methyl/N-ethyl adjacent to an activating group) is 1. The number of amides is 2. The van der Waals surface area contributed by atoms with E-state index in [1.807, 2.05) is 84.6 Å². The number of phenols is 1. The fourth-order valence-corrected chi connectivity index (χ4v) is 6.35. The second-order valence-corrected chi connectivity index (χ2v) is 11.4. The number of phenolic OH excluding ortho intramolecular Hbond substituents is 1. The molecule has 3 aliphatic rings. The average Bonchev–Trinajstić information content (AvgIpc) is 3.04. The summed E-state index contributed by atoms with van der Waals surface area (Å²) >= 11 is 0. The monoisotopic (exact) mass is 607 g/mol. The van der Waals surface area contributed by atoms with Crippen LogP contribution in [0, 0.1) is 5.92 Å². The number of piperazine rings is 1. The molecule has 234 valence electrons. The number of nitrogens with one attached hydrogen (secondary N) is 1. The van der Waals surface area contributed by atoms with Crippen molar-refractivity contribution in [3.63, 3.8) is 0 Å². The largest absolute Gasteiger partial charge is 0.516 e. The fraction of sp³-hybridized carbons (Fsp3) is 0.278. The Morgan fingerprint density at radius 3 is 2.49 bits per heavy atom. The van der Waals surface area contributed by atoms with Gasteiger partial charge in [-0.15, -0.1) is 0 Å². The van der Waals surface area contributed by atoms with Crippen LogP contribution in [0.3, 0.4) is 0 Å². The molecular weight excluding hydrogens is 566 g/mol. The highest BCUT2D eigenvalue weighted by molar-refractivity contribution is 5.90. The summed E-state index contributed by atoms with van der Waals surface area (Å²) in [6, 6.07) is 16.1. The Kier molecular flexibility index (Phi) is 9.89. The van der Waals surface area contributed by atoms with Crippen LogP contribution in [-0.2, 0) is 22.6 Å². The minimum Gasteiger partial charge on any atom is -0.516 e. The molecule has 9 nitrogen and oxygen atoms in total. The molecule has 2 unspecified atom stereocenters. The van der Waals surface area contributed by atoms with E-state index in [0.29, 0.717) is 26.1 Å². The van der Waals surface area contributed by atoms with E-state index in [4.69, 9.17) is 0 Å². The van der Waals surface area contributed by atoms with E-state index in [0.717, 1.165) is 34.4 Å². The lowest BCUT2D eigenvalue weighted by atomic mass is 9.87. The molecule has 2 saturated heterocycles. The van der Waals surface area contributed by atoms with Crippen LogP contribution in [0.25, 0.3) is 0 Å². The Balaban J connectivity index is 1.66. The molecule has 0 saturated carbocycles. The van der Waals surface area contributed by atoms with Crippen molar-refractivity contribution >= 4 is 11.8 Å². The van der Waals surface area contributed by atoms with Crippen molar-refractivity contribution in [3.8, 4) is 5.75 Å². The van der Waals surface area contributed by atoms with Crippen LogP contribution < -0.4 is 5.32 Å². The molecule has 0 aromatic heterocycles. The first-order valence-corrected chi connectivity index (χ1v) is 15.2. The third-order valence-electron chi connectivity index (χ3n) is 8.53. The maximum Gasteiger partial charge on any atom is 0.245 e. The van der Waals surface area contributed by atoms with Crippen LogP contribution in [0.5, 0.6) is 5.75 Å². The summed E-state index contributed by atoms with van der Waals surface area (Å²) in [5.41, 5.74) is 3.72. The van der Waals surface area contributed by atoms with Gasteiger partial charge in [0.2, 0.25) is 11.8 Å². The lowest BCUT2D eigenvalue weighted by Crippen LogP contribution is -2.75. The van der Waals surface area contributed by atoms with Crippen LogP contribution in [0.2, 0.25) is 0 Å². The number of aliphatic hydroxyl groups excluding tert-OH is 1. The van der Waals surface area contributed by atoms with Gasteiger partial charge in [0.15, 0.2) is 0 Å². The van der Waals surface area contributed by atoms with Gasteiger partial charge >= 0.3 is 0 Å². The van der Waals surface area contributed by atoms with Crippen molar-refractivity contribution in [2.75, 3.05) is 26.7 Å². The third-order valence-corrected chi connectivity index (χ3v) is 8.53. The van der Waals surface area contributed by atoms with Gasteiger partial charge in [-0.05, 0) is 53.5 Å². The highest BCUT2D eigenvalue weighted by atomic mass is 16.3. The molecule has 0 aliphatic carbocycles. The molecule has 0 radical (unpaired) electrons. The van der Waals surface area contributed by atoms with E-state index in [2.05, 4.69) is 16.9 Å². The quantitative estimate of drug-likeness (QED) is 0.287. The normalized spacial score (nSPS) is 25.2. The van der Waals surface area contributed by atoms with Crippen molar-refractivity contribution in [1.82, 2.24) is 25.1 Å². The number of rotatable bonds is 9. The minimum atomic E-state index is -0.744. The third kappa shape index (κ3) is 6.89. The van der Waals surface area contributed by atoms with Crippen molar-refractivity contribution in [1.29, 1.82) is 0 Å². The number of carbonyl (C=O) groups is 2. The molecule has 0 spiro atoms. The first-order valence-electron chi connectivity index (χ1n) is 15.2. The van der Waals surface area contributed by atoms with E-state index in [1.165, 1.54) is 0 Å². The number of benzene rings is 2. The predicted octanol–water partition coefficient (Wildman–Crippen LogP) is 4.41. The summed E-state index contributed by atoms with van der Waals surface area (Å²) in [4.78, 5) is 31.8. The molecule has 9 heteroatoms. The van der Waals surface area contributed by atoms with E-state index in [-0.39, 0.29) is 30.0 Å². The molecule has 2 bridgehead atoms. The Labute approximate surface area is 265 Å². The average molecular weight is 608 g/mol. The van der Waals surface area contributed by atoms with Crippen molar-refractivity contribution in [3.05, 3.63) is 138 Å². The molecule has 45 heavy (non-hydrogen) atoms. The van der Waals surface area contributed by atoms with Gasteiger partial charge in [0.25, 0.3) is 0 Å². The molecule has 3 atom stereocenters. The summed E-state index contributed by atoms with van der Waals surface area (Å²) in [7, 11) is 1.88. The van der Waals surface area contributed by atoms with Gasteiger partial charge in [-0.2, -0.15) is 0 Å². The summed E-state index contributed by atoms with van der Waals surface area (Å²) in [6.45, 7) is 7.06. The Morgan fingerprint density at radius 1 is 1.04 bits per heavy atom. The van der Waals surface area contributed by atoms with Crippen LogP contribution in [0.4, 0.5) is 0 Å². The summed E-state index contributed by atoms with van der Waals surface area (Å²) in [6.07, 6.45) is 14.0. The SMILES string of the molecule is C=C/C=C\C(=C/C)C1CN2C[C@H]3N(C(=O)CN(C)N3\C(NCc3ccccc3)=C/C=C1\C=C/O)C(Cc1ccc(O)cc1)C2=O. The first kappa shape index (κ1) is 31.4. The van der Waals surface area contributed by atoms with Crippen LogP contribution in [0.1, 0.15) is 18.1 Å². The highest BCUT2D eigenvalue weighted by Crippen LogP contribution is 2.34. The van der Waals surface area contributed by atoms with Gasteiger partial charge in [0.05, 0.1) is 19.4 Å². The smallest absolute Gasteiger partial charge is 0.245 e. The number of carbonyl (C=O) groups excluding carboxylic acids is 2. The van der Waals surface area contributed by atoms with Gasteiger partial charge in [0, 0.05) is 32.5 Å². The Morgan fingerprint density at radius 2 is 1.80 bits per heavy atom. The van der Waals surface area contributed by atoms with Gasteiger partial charge in [0.1, 0.15) is 23.8 Å². The zero-order valence-electron chi connectivity index (χ0n) is 25.8. The van der Waals surface area contributed by atoms with Gasteiger partial charge < -0.3 is 25.3 Å². The van der Waals surface area contributed by atoms with Crippen LogP contribution in [0.15, 0.2) is 127 Å². The van der Waals surface area contributed by atoms with E-state index < -0.39 is 12.2 Å². The van der Waals surface area contributed by atoms with Gasteiger partial charge in [-0.3, -0.25) is 14.6 Å². The standard InChI is InChI=1S/C36H41N5O4/c1-4-6-12-28(5-2)31-23-39-24-34-40(32(36(39)45)21-26-13-16-30(43)17-14-26)35(44)25-38(3)41(34)33(18-15-29(31)19-20-42)37-22-27-10-8-7-9-11-27/h4-20,31-32,34,37,42-43H,1,21-25H2,2-3H3/b12-6-,20-19-,28-5+,29-15+,33-18-/t31?,32?,34-/m0/s1.